The van der Waals surface area contributed by atoms with Crippen LogP contribution < -0.4 is 21.3 Å². The van der Waals surface area contributed by atoms with Gasteiger partial charge in [0.25, 0.3) is 0 Å². The van der Waals surface area contributed by atoms with Crippen LogP contribution in [-0.4, -0.2) is 37.6 Å². The van der Waals surface area contributed by atoms with E-state index in [1.807, 2.05) is 0 Å². The van der Waals surface area contributed by atoms with Gasteiger partial charge >= 0.3 is 6.03 Å². The van der Waals surface area contributed by atoms with Crippen LogP contribution >= 0.6 is 0 Å². The Balaban J connectivity index is 1.78. The predicted octanol–water partition coefficient (Wildman–Crippen LogP) is 5.06. The van der Waals surface area contributed by atoms with Gasteiger partial charge in [0, 0.05) is 37.7 Å². The SMILES string of the molecule is CNC(=O)NC1CCC(NCC[C@H](Cc2cc(F)cc(F)c2)NC(C)=O)(c2cccc(C(C)(C)C)c2)CC1. The first-order valence-electron chi connectivity index (χ1n) is 13.5. The summed E-state index contributed by atoms with van der Waals surface area (Å²) >= 11 is 0. The smallest absolute Gasteiger partial charge is 0.314 e. The van der Waals surface area contributed by atoms with Crippen molar-refractivity contribution in [3.63, 3.8) is 0 Å². The molecule has 1 aliphatic carbocycles. The first-order valence-corrected chi connectivity index (χ1v) is 13.5. The Hall–Kier alpha value is -3.00. The molecule has 3 rings (SSSR count). The number of benzene rings is 2. The molecule has 4 N–H and O–H groups in total. The van der Waals surface area contributed by atoms with Gasteiger partial charge < -0.3 is 21.3 Å². The third kappa shape index (κ3) is 8.25. The molecule has 0 unspecified atom stereocenters. The lowest BCUT2D eigenvalue weighted by Crippen LogP contribution is -2.51. The molecule has 208 valence electrons. The van der Waals surface area contributed by atoms with Gasteiger partial charge in [-0.2, -0.15) is 0 Å². The van der Waals surface area contributed by atoms with Crippen molar-refractivity contribution in [3.8, 4) is 0 Å². The Labute approximate surface area is 225 Å². The molecule has 0 saturated heterocycles. The predicted molar refractivity (Wildman–Crippen MR) is 147 cm³/mol. The lowest BCUT2D eigenvalue weighted by Gasteiger charge is -2.42. The largest absolute Gasteiger partial charge is 0.353 e. The highest BCUT2D eigenvalue weighted by Crippen LogP contribution is 2.39. The number of urea groups is 1. The van der Waals surface area contributed by atoms with Crippen LogP contribution in [0.4, 0.5) is 13.6 Å². The molecule has 0 heterocycles. The van der Waals surface area contributed by atoms with Gasteiger partial charge in [-0.25, -0.2) is 13.6 Å². The molecule has 1 saturated carbocycles. The van der Waals surface area contributed by atoms with Gasteiger partial charge in [-0.3, -0.25) is 4.79 Å². The van der Waals surface area contributed by atoms with E-state index in [0.717, 1.165) is 31.7 Å². The monoisotopic (exact) mass is 528 g/mol. The van der Waals surface area contributed by atoms with Gasteiger partial charge in [0.15, 0.2) is 0 Å². The molecule has 0 aromatic heterocycles. The fourth-order valence-electron chi connectivity index (χ4n) is 5.38. The Morgan fingerprint density at radius 3 is 2.29 bits per heavy atom. The molecule has 38 heavy (non-hydrogen) atoms. The Morgan fingerprint density at radius 2 is 1.71 bits per heavy atom. The molecule has 0 spiro atoms. The van der Waals surface area contributed by atoms with Gasteiger partial charge in [0.1, 0.15) is 11.6 Å². The lowest BCUT2D eigenvalue weighted by molar-refractivity contribution is -0.119. The summed E-state index contributed by atoms with van der Waals surface area (Å²) in [5.41, 5.74) is 2.70. The normalized spacial score (nSPS) is 20.4. The standard InChI is InChI=1S/C30H42F2N4O2/c1-20(37)35-27(17-21-15-24(31)19-25(32)16-21)11-14-34-30(12-9-26(10-13-30)36-28(38)33-5)23-8-6-7-22(18-23)29(2,3)4/h6-8,15-16,18-19,26-27,34H,9-14,17H2,1-5H3,(H,35,37)(H2,33,36,38)/t26?,27-,30?/m1/s1. The second kappa shape index (κ2) is 12.7. The minimum atomic E-state index is -0.625. The summed E-state index contributed by atoms with van der Waals surface area (Å²) in [4.78, 5) is 23.8. The quantitative estimate of drug-likeness (QED) is 0.367. The molecule has 2 aromatic rings. The topological polar surface area (TPSA) is 82.3 Å². The zero-order chi connectivity index (χ0) is 27.9. The highest BCUT2D eigenvalue weighted by molar-refractivity contribution is 5.74. The molecule has 0 radical (unpaired) electrons. The van der Waals surface area contributed by atoms with Crippen LogP contribution in [0.15, 0.2) is 42.5 Å². The van der Waals surface area contributed by atoms with Crippen molar-refractivity contribution < 1.29 is 18.4 Å². The maximum Gasteiger partial charge on any atom is 0.314 e. The molecule has 1 fully saturated rings. The van der Waals surface area contributed by atoms with Crippen molar-refractivity contribution in [1.82, 2.24) is 21.3 Å². The van der Waals surface area contributed by atoms with Gasteiger partial charge in [0.2, 0.25) is 5.91 Å². The minimum absolute atomic E-state index is 0.00586. The van der Waals surface area contributed by atoms with Gasteiger partial charge in [-0.1, -0.05) is 45.0 Å². The molecule has 1 aliphatic rings. The van der Waals surface area contributed by atoms with Crippen LogP contribution in [0.3, 0.4) is 0 Å². The molecule has 3 amide bonds. The summed E-state index contributed by atoms with van der Waals surface area (Å²) in [7, 11) is 1.62. The van der Waals surface area contributed by atoms with Crippen LogP contribution in [0.1, 0.15) is 76.5 Å². The van der Waals surface area contributed by atoms with E-state index in [4.69, 9.17) is 0 Å². The summed E-state index contributed by atoms with van der Waals surface area (Å²) in [5, 5.41) is 12.4. The fourth-order valence-corrected chi connectivity index (χ4v) is 5.38. The fraction of sp³-hybridized carbons (Fsp3) is 0.533. The summed E-state index contributed by atoms with van der Waals surface area (Å²) in [6.07, 6.45) is 4.28. The average Bonchev–Trinajstić information content (AvgIpc) is 2.83. The van der Waals surface area contributed by atoms with E-state index in [1.165, 1.54) is 30.2 Å². The third-order valence-electron chi connectivity index (χ3n) is 7.45. The number of halogens is 2. The first kappa shape index (κ1) is 29.6. The van der Waals surface area contributed by atoms with Crippen LogP contribution in [0.5, 0.6) is 0 Å². The summed E-state index contributed by atoms with van der Waals surface area (Å²) in [6.45, 7) is 8.65. The maximum absolute atomic E-state index is 13.8. The number of hydrogen-bond acceptors (Lipinski definition) is 3. The molecule has 0 aliphatic heterocycles. The second-order valence-corrected chi connectivity index (χ2v) is 11.5. The zero-order valence-corrected chi connectivity index (χ0v) is 23.2. The van der Waals surface area contributed by atoms with Crippen molar-refractivity contribution in [3.05, 3.63) is 70.8 Å². The number of carbonyl (C=O) groups is 2. The summed E-state index contributed by atoms with van der Waals surface area (Å²) in [5.74, 6) is -1.43. The van der Waals surface area contributed by atoms with Crippen molar-refractivity contribution >= 4 is 11.9 Å². The molecule has 6 nitrogen and oxygen atoms in total. The van der Waals surface area contributed by atoms with Crippen LogP contribution in [0.25, 0.3) is 0 Å². The number of carbonyl (C=O) groups excluding carboxylic acids is 2. The van der Waals surface area contributed by atoms with E-state index in [9.17, 15) is 18.4 Å². The Morgan fingerprint density at radius 1 is 1.05 bits per heavy atom. The summed E-state index contributed by atoms with van der Waals surface area (Å²) < 4.78 is 27.5. The van der Waals surface area contributed by atoms with Gasteiger partial charge in [0.05, 0.1) is 0 Å². The third-order valence-corrected chi connectivity index (χ3v) is 7.45. The Bertz CT molecular complexity index is 1090. The summed E-state index contributed by atoms with van der Waals surface area (Å²) in [6, 6.07) is 11.8. The van der Waals surface area contributed by atoms with Crippen molar-refractivity contribution in [2.45, 2.75) is 89.3 Å². The molecule has 2 aromatic carbocycles. The molecular weight excluding hydrogens is 486 g/mol. The van der Waals surface area contributed by atoms with E-state index < -0.39 is 11.6 Å². The van der Waals surface area contributed by atoms with Crippen LogP contribution in [0, 0.1) is 11.6 Å². The van der Waals surface area contributed by atoms with E-state index >= 15 is 0 Å². The maximum atomic E-state index is 13.8. The van der Waals surface area contributed by atoms with Gasteiger partial charge in [-0.05, 0) is 79.3 Å². The van der Waals surface area contributed by atoms with Gasteiger partial charge in [-0.15, -0.1) is 0 Å². The highest BCUT2D eigenvalue weighted by atomic mass is 19.1. The van der Waals surface area contributed by atoms with E-state index in [0.29, 0.717) is 24.9 Å². The second-order valence-electron chi connectivity index (χ2n) is 11.5. The molecular formula is C30H42F2N4O2. The Kier molecular flexibility index (Phi) is 9.88. The molecule has 0 bridgehead atoms. The van der Waals surface area contributed by atoms with E-state index in [2.05, 4.69) is 66.3 Å². The van der Waals surface area contributed by atoms with E-state index in [1.54, 1.807) is 7.05 Å². The lowest BCUT2D eigenvalue weighted by atomic mass is 9.73. The minimum Gasteiger partial charge on any atom is -0.353 e. The van der Waals surface area contributed by atoms with E-state index in [-0.39, 0.29) is 35.0 Å². The number of amides is 3. The number of hydrogen-bond donors (Lipinski definition) is 4. The first-order chi connectivity index (χ1) is 17.9. The van der Waals surface area contributed by atoms with Crippen LogP contribution in [-0.2, 0) is 22.2 Å². The van der Waals surface area contributed by atoms with Crippen molar-refractivity contribution in [2.75, 3.05) is 13.6 Å². The number of nitrogens with one attached hydrogen (secondary N) is 4. The zero-order valence-electron chi connectivity index (χ0n) is 23.2. The van der Waals surface area contributed by atoms with Crippen molar-refractivity contribution in [2.24, 2.45) is 0 Å². The van der Waals surface area contributed by atoms with Crippen molar-refractivity contribution in [1.29, 1.82) is 0 Å². The molecule has 8 heteroatoms. The molecule has 1 atom stereocenters. The highest BCUT2D eigenvalue weighted by Gasteiger charge is 2.37. The number of rotatable bonds is 9. The average molecular weight is 529 g/mol. The van der Waals surface area contributed by atoms with Crippen LogP contribution in [0.2, 0.25) is 0 Å².